The lowest BCUT2D eigenvalue weighted by Crippen LogP contribution is -2.20. The zero-order chi connectivity index (χ0) is 19.3. The van der Waals surface area contributed by atoms with Crippen LogP contribution in [0.25, 0.3) is 0 Å². The van der Waals surface area contributed by atoms with Crippen LogP contribution in [-0.4, -0.2) is 19.4 Å². The molecule has 1 unspecified atom stereocenters. The summed E-state index contributed by atoms with van der Waals surface area (Å²) in [7, 11) is -3.93. The molecule has 0 aliphatic carbocycles. The molecule has 10 heteroatoms. The quantitative estimate of drug-likeness (QED) is 0.475. The number of halogens is 2. The molecule has 0 saturated heterocycles. The number of hydrogen-bond acceptors (Lipinski definition) is 6. The number of hydrogen-bond donors (Lipinski definition) is 1. The molecule has 1 aromatic heterocycles. The van der Waals surface area contributed by atoms with Crippen molar-refractivity contribution >= 4 is 55.7 Å². The van der Waals surface area contributed by atoms with Crippen molar-refractivity contribution in [3.8, 4) is 5.88 Å². The average molecular weight is 435 g/mol. The van der Waals surface area contributed by atoms with Crippen LogP contribution in [0.15, 0.2) is 36.2 Å². The Balaban J connectivity index is 2.20. The van der Waals surface area contributed by atoms with E-state index in [1.165, 1.54) is 23.6 Å². The largest absolute Gasteiger partial charge is 0.406 e. The van der Waals surface area contributed by atoms with Crippen molar-refractivity contribution in [3.63, 3.8) is 0 Å². The molecule has 0 fully saturated rings. The van der Waals surface area contributed by atoms with Crippen LogP contribution < -0.4 is 9.46 Å². The Bertz CT molecular complexity index is 913. The van der Waals surface area contributed by atoms with Gasteiger partial charge in [-0.15, -0.1) is 17.9 Å². The number of carbonyl (C=O) groups excluding carboxylic acids is 1. The Labute approximate surface area is 165 Å². The molecule has 0 amide bonds. The number of nitrogens with one attached hydrogen (secondary N) is 1. The predicted octanol–water partition coefficient (Wildman–Crippen LogP) is 4.82. The normalized spacial score (nSPS) is 12.4. The number of aromatic nitrogens is 1. The first-order valence-corrected chi connectivity index (χ1v) is 10.7. The van der Waals surface area contributed by atoms with Gasteiger partial charge in [0.05, 0.1) is 5.38 Å². The number of benzene rings is 1. The van der Waals surface area contributed by atoms with Crippen LogP contribution >= 0.6 is 34.5 Å². The predicted molar refractivity (Wildman–Crippen MR) is 105 cm³/mol. The molecule has 1 N–H and O–H groups in total. The molecular formula is C16H16Cl2N2O4S2. The summed E-state index contributed by atoms with van der Waals surface area (Å²) >= 11 is 13.0. The van der Waals surface area contributed by atoms with Gasteiger partial charge >= 0.3 is 5.97 Å². The Morgan fingerprint density at radius 3 is 2.81 bits per heavy atom. The molecule has 0 radical (unpaired) electrons. The average Bonchev–Trinajstić information content (AvgIpc) is 2.96. The van der Waals surface area contributed by atoms with E-state index in [1.54, 1.807) is 6.07 Å². The van der Waals surface area contributed by atoms with E-state index in [4.69, 9.17) is 27.9 Å². The van der Waals surface area contributed by atoms with E-state index >= 15 is 0 Å². The third kappa shape index (κ3) is 5.20. The molecule has 140 valence electrons. The van der Waals surface area contributed by atoms with E-state index < -0.39 is 21.2 Å². The van der Waals surface area contributed by atoms with Crippen molar-refractivity contribution in [2.24, 2.45) is 0 Å². The number of ether oxygens (including phenoxy) is 1. The molecule has 1 heterocycles. The smallest absolute Gasteiger partial charge is 0.312 e. The summed E-state index contributed by atoms with van der Waals surface area (Å²) in [5, 5.41) is 1.01. The zero-order valence-corrected chi connectivity index (χ0v) is 16.9. The van der Waals surface area contributed by atoms with E-state index in [0.29, 0.717) is 17.0 Å². The molecule has 26 heavy (non-hydrogen) atoms. The van der Waals surface area contributed by atoms with E-state index in [0.717, 1.165) is 11.3 Å². The lowest BCUT2D eigenvalue weighted by Gasteiger charge is -2.16. The third-order valence-electron chi connectivity index (χ3n) is 3.20. The fourth-order valence-electron chi connectivity index (χ4n) is 2.06. The van der Waals surface area contributed by atoms with Gasteiger partial charge < -0.3 is 4.74 Å². The summed E-state index contributed by atoms with van der Waals surface area (Å²) in [6.45, 7) is 5.42. The Kier molecular flexibility index (Phi) is 7.05. The standard InChI is InChI=1S/C16H16Cl2N2O4S2/c1-3-5-15(21)24-14-9-25-16(19-14)20-26(22,23)13(4-2)11-7-6-10(17)8-12(11)18/h4,6-9,13H,2-3,5H2,1H3,(H,19,20). The molecule has 6 nitrogen and oxygen atoms in total. The van der Waals surface area contributed by atoms with Crippen LogP contribution in [0.2, 0.25) is 10.0 Å². The van der Waals surface area contributed by atoms with Crippen molar-refractivity contribution in [3.05, 3.63) is 51.8 Å². The molecule has 2 rings (SSSR count). The van der Waals surface area contributed by atoms with Gasteiger partial charge in [0, 0.05) is 16.5 Å². The number of nitrogens with zero attached hydrogens (tertiary/aromatic N) is 1. The number of rotatable bonds is 8. The molecule has 0 spiro atoms. The highest BCUT2D eigenvalue weighted by atomic mass is 35.5. The molecular weight excluding hydrogens is 419 g/mol. The van der Waals surface area contributed by atoms with Gasteiger partial charge in [0.25, 0.3) is 0 Å². The van der Waals surface area contributed by atoms with Gasteiger partial charge in [0.15, 0.2) is 5.13 Å². The van der Waals surface area contributed by atoms with Gasteiger partial charge in [-0.2, -0.15) is 4.98 Å². The summed E-state index contributed by atoms with van der Waals surface area (Å²) in [5.41, 5.74) is 0.338. The van der Waals surface area contributed by atoms with Gasteiger partial charge in [-0.05, 0) is 24.1 Å². The minimum absolute atomic E-state index is 0.0471. The molecule has 0 saturated carbocycles. The highest BCUT2D eigenvalue weighted by molar-refractivity contribution is 7.93. The maximum absolute atomic E-state index is 12.7. The first-order valence-electron chi connectivity index (χ1n) is 7.52. The fraction of sp³-hybridized carbons (Fsp3) is 0.250. The number of thiazole rings is 1. The number of sulfonamides is 1. The Morgan fingerprint density at radius 2 is 2.19 bits per heavy atom. The summed E-state index contributed by atoms with van der Waals surface area (Å²) in [6.07, 6.45) is 2.16. The number of anilines is 1. The third-order valence-corrected chi connectivity index (χ3v) is 6.22. The van der Waals surface area contributed by atoms with Crippen LogP contribution in [0, 0.1) is 0 Å². The molecule has 0 aliphatic heterocycles. The van der Waals surface area contributed by atoms with Crippen molar-refractivity contribution in [1.82, 2.24) is 4.98 Å². The SMILES string of the molecule is C=CC(c1ccc(Cl)cc1Cl)S(=O)(=O)Nc1nc(OC(=O)CCC)cs1. The topological polar surface area (TPSA) is 85.4 Å². The van der Waals surface area contributed by atoms with E-state index in [9.17, 15) is 13.2 Å². The Hall–Kier alpha value is -1.61. The van der Waals surface area contributed by atoms with Gasteiger partial charge in [-0.1, -0.05) is 42.3 Å². The second kappa shape index (κ2) is 8.85. The first-order chi connectivity index (χ1) is 12.3. The maximum Gasteiger partial charge on any atom is 0.312 e. The van der Waals surface area contributed by atoms with Gasteiger partial charge in [0.2, 0.25) is 15.9 Å². The van der Waals surface area contributed by atoms with E-state index in [-0.39, 0.29) is 22.5 Å². The number of carbonyl (C=O) groups is 1. The van der Waals surface area contributed by atoms with Crippen LogP contribution in [0.5, 0.6) is 5.88 Å². The summed E-state index contributed by atoms with van der Waals surface area (Å²) in [5.74, 6) is -0.380. The van der Waals surface area contributed by atoms with Crippen molar-refractivity contribution in [1.29, 1.82) is 0 Å². The van der Waals surface area contributed by atoms with E-state index in [2.05, 4.69) is 16.3 Å². The highest BCUT2D eigenvalue weighted by Crippen LogP contribution is 2.33. The summed E-state index contributed by atoms with van der Waals surface area (Å²) < 4.78 is 32.8. The minimum atomic E-state index is -3.93. The molecule has 1 aromatic carbocycles. The lowest BCUT2D eigenvalue weighted by molar-refractivity contribution is -0.134. The summed E-state index contributed by atoms with van der Waals surface area (Å²) in [6, 6.07) is 4.53. The summed E-state index contributed by atoms with van der Waals surface area (Å²) in [4.78, 5) is 15.4. The van der Waals surface area contributed by atoms with Crippen LogP contribution in [0.4, 0.5) is 5.13 Å². The Morgan fingerprint density at radius 1 is 1.46 bits per heavy atom. The second-order valence-electron chi connectivity index (χ2n) is 5.18. The van der Waals surface area contributed by atoms with Gasteiger partial charge in [-0.25, -0.2) is 8.42 Å². The number of esters is 1. The molecule has 0 aliphatic rings. The van der Waals surface area contributed by atoms with Crippen LogP contribution in [0.1, 0.15) is 30.6 Å². The zero-order valence-electron chi connectivity index (χ0n) is 13.7. The minimum Gasteiger partial charge on any atom is -0.406 e. The van der Waals surface area contributed by atoms with Crippen molar-refractivity contribution in [2.75, 3.05) is 4.72 Å². The van der Waals surface area contributed by atoms with Gasteiger partial charge in [-0.3, -0.25) is 9.52 Å². The van der Waals surface area contributed by atoms with E-state index in [1.807, 2.05) is 6.92 Å². The van der Waals surface area contributed by atoms with Crippen LogP contribution in [0.3, 0.4) is 0 Å². The second-order valence-corrected chi connectivity index (χ2v) is 8.69. The van der Waals surface area contributed by atoms with Crippen LogP contribution in [-0.2, 0) is 14.8 Å². The molecule has 0 bridgehead atoms. The first kappa shape index (κ1) is 20.7. The van der Waals surface area contributed by atoms with Crippen molar-refractivity contribution in [2.45, 2.75) is 25.0 Å². The monoisotopic (exact) mass is 434 g/mol. The highest BCUT2D eigenvalue weighted by Gasteiger charge is 2.27. The van der Waals surface area contributed by atoms with Crippen molar-refractivity contribution < 1.29 is 17.9 Å². The molecule has 2 aromatic rings. The molecule has 1 atom stereocenters. The maximum atomic E-state index is 12.7. The fourth-order valence-corrected chi connectivity index (χ4v) is 4.86. The lowest BCUT2D eigenvalue weighted by atomic mass is 10.1. The van der Waals surface area contributed by atoms with Gasteiger partial charge in [0.1, 0.15) is 5.25 Å².